The molecule has 0 saturated carbocycles. The number of thiazole rings is 1. The quantitative estimate of drug-likeness (QED) is 0.378. The Morgan fingerprint density at radius 1 is 1.11 bits per heavy atom. The van der Waals surface area contributed by atoms with Crippen molar-refractivity contribution in [2.45, 2.75) is 26.8 Å². The minimum absolute atomic E-state index is 0.211. The van der Waals surface area contributed by atoms with Gasteiger partial charge in [0.15, 0.2) is 4.80 Å². The van der Waals surface area contributed by atoms with Gasteiger partial charge in [0.25, 0.3) is 5.56 Å². The molecular weight excluding hydrogens is 474 g/mol. The maximum absolute atomic E-state index is 13.9. The van der Waals surface area contributed by atoms with Crippen LogP contribution >= 0.6 is 11.3 Å². The topological polar surface area (TPSA) is 74.8 Å². The third-order valence-electron chi connectivity index (χ3n) is 6.24. The van der Waals surface area contributed by atoms with E-state index < -0.39 is 12.0 Å². The fourth-order valence-electron chi connectivity index (χ4n) is 4.71. The maximum atomic E-state index is 13.9. The highest BCUT2D eigenvalue weighted by atomic mass is 32.1. The lowest BCUT2D eigenvalue weighted by molar-refractivity contribution is -0.139. The van der Waals surface area contributed by atoms with Crippen molar-refractivity contribution in [1.29, 1.82) is 0 Å². The number of allylic oxidation sites excluding steroid dienone is 1. The zero-order valence-electron chi connectivity index (χ0n) is 20.6. The number of aryl methyl sites for hydroxylation is 1. The molecular formula is C28H27N3O4S. The zero-order valence-corrected chi connectivity index (χ0v) is 21.5. The van der Waals surface area contributed by atoms with Gasteiger partial charge < -0.3 is 14.0 Å². The summed E-state index contributed by atoms with van der Waals surface area (Å²) >= 11 is 1.31. The maximum Gasteiger partial charge on any atom is 0.338 e. The summed E-state index contributed by atoms with van der Waals surface area (Å²) in [5, 5.41) is 1.06. The average Bonchev–Trinajstić information content (AvgIpc) is 3.35. The van der Waals surface area contributed by atoms with E-state index in [1.165, 1.54) is 11.3 Å². The molecule has 0 unspecified atom stereocenters. The summed E-state index contributed by atoms with van der Waals surface area (Å²) in [6.45, 7) is 6.12. The highest BCUT2D eigenvalue weighted by Gasteiger charge is 2.35. The summed E-state index contributed by atoms with van der Waals surface area (Å²) in [5.74, 6) is 0.128. The Morgan fingerprint density at radius 2 is 1.86 bits per heavy atom. The number of benzene rings is 2. The summed E-state index contributed by atoms with van der Waals surface area (Å²) in [7, 11) is 1.99. The molecule has 0 bridgehead atoms. The molecule has 0 saturated heterocycles. The number of hydrogen-bond donors (Lipinski definition) is 0. The van der Waals surface area contributed by atoms with Gasteiger partial charge in [-0.1, -0.05) is 47.7 Å². The number of para-hydroxylation sites is 2. The van der Waals surface area contributed by atoms with Crippen molar-refractivity contribution in [2.75, 3.05) is 13.2 Å². The Hall–Kier alpha value is -3.91. The smallest absolute Gasteiger partial charge is 0.338 e. The molecule has 4 aromatic rings. The first kappa shape index (κ1) is 23.8. The van der Waals surface area contributed by atoms with Gasteiger partial charge in [-0.3, -0.25) is 9.36 Å². The number of carbonyl (C=O) groups excluding carboxylic acids is 1. The Labute approximate surface area is 212 Å². The number of nitrogens with zero attached hydrogens (tertiary/aromatic N) is 3. The summed E-state index contributed by atoms with van der Waals surface area (Å²) < 4.78 is 15.5. The molecule has 1 aliphatic rings. The molecule has 3 heterocycles. The van der Waals surface area contributed by atoms with E-state index in [-0.39, 0.29) is 12.2 Å². The summed E-state index contributed by atoms with van der Waals surface area (Å²) in [4.78, 5) is 32.2. The Balaban J connectivity index is 1.77. The van der Waals surface area contributed by atoms with Crippen LogP contribution in [0.4, 0.5) is 0 Å². The van der Waals surface area contributed by atoms with E-state index in [1.54, 1.807) is 18.4 Å². The number of ether oxygens (including phenoxy) is 2. The van der Waals surface area contributed by atoms with Crippen LogP contribution in [0.1, 0.15) is 37.9 Å². The first-order valence-electron chi connectivity index (χ1n) is 11.9. The molecule has 8 heteroatoms. The second-order valence-corrected chi connectivity index (χ2v) is 9.49. The first-order valence-corrected chi connectivity index (χ1v) is 12.7. The Kier molecular flexibility index (Phi) is 6.36. The standard InChI is InChI=1S/C28H27N3O4S/c1-5-34-22-14-10-8-12-20(22)25-24(27(33)35-6-2)17(3)29-28-31(25)26(32)23(36-28)15-18-16-30(4)21-13-9-7-11-19(18)21/h7-16,25H,5-6H2,1-4H3/b23-15-/t25-/m1/s1. The largest absolute Gasteiger partial charge is 0.494 e. The van der Waals surface area contributed by atoms with Crippen molar-refractivity contribution in [2.24, 2.45) is 12.0 Å². The van der Waals surface area contributed by atoms with Gasteiger partial charge in [-0.25, -0.2) is 9.79 Å². The Bertz CT molecular complexity index is 1690. The molecule has 1 atom stereocenters. The fourth-order valence-corrected chi connectivity index (χ4v) is 5.75. The van der Waals surface area contributed by atoms with Gasteiger partial charge in [-0.2, -0.15) is 0 Å². The van der Waals surface area contributed by atoms with E-state index in [0.29, 0.717) is 33.0 Å². The molecule has 2 aromatic carbocycles. The molecule has 184 valence electrons. The molecule has 0 aliphatic carbocycles. The van der Waals surface area contributed by atoms with E-state index in [2.05, 4.69) is 4.99 Å². The van der Waals surface area contributed by atoms with Crippen molar-refractivity contribution in [3.63, 3.8) is 0 Å². The number of aromatic nitrogens is 2. The zero-order chi connectivity index (χ0) is 25.4. The second-order valence-electron chi connectivity index (χ2n) is 8.49. The number of rotatable bonds is 6. The van der Waals surface area contributed by atoms with E-state index in [9.17, 15) is 9.59 Å². The monoisotopic (exact) mass is 501 g/mol. The number of carbonyl (C=O) groups is 1. The van der Waals surface area contributed by atoms with Crippen LogP contribution in [0.5, 0.6) is 5.75 Å². The van der Waals surface area contributed by atoms with Crippen LogP contribution in [0.25, 0.3) is 17.0 Å². The van der Waals surface area contributed by atoms with Crippen LogP contribution in [0.15, 0.2) is 75.8 Å². The third-order valence-corrected chi connectivity index (χ3v) is 7.23. The minimum Gasteiger partial charge on any atom is -0.494 e. The molecule has 0 amide bonds. The Morgan fingerprint density at radius 3 is 2.64 bits per heavy atom. The lowest BCUT2D eigenvalue weighted by Crippen LogP contribution is -2.40. The molecule has 0 spiro atoms. The molecule has 0 radical (unpaired) electrons. The van der Waals surface area contributed by atoms with Crippen LogP contribution < -0.4 is 19.6 Å². The predicted octanol–water partition coefficient (Wildman–Crippen LogP) is 3.69. The van der Waals surface area contributed by atoms with Crippen molar-refractivity contribution >= 4 is 34.3 Å². The van der Waals surface area contributed by atoms with Gasteiger partial charge in [-0.15, -0.1) is 0 Å². The molecule has 0 N–H and O–H groups in total. The van der Waals surface area contributed by atoms with Gasteiger partial charge in [-0.05, 0) is 39.0 Å². The van der Waals surface area contributed by atoms with Crippen molar-refractivity contribution in [1.82, 2.24) is 9.13 Å². The van der Waals surface area contributed by atoms with Crippen molar-refractivity contribution < 1.29 is 14.3 Å². The van der Waals surface area contributed by atoms with Crippen LogP contribution in [0.3, 0.4) is 0 Å². The molecule has 5 rings (SSSR count). The van der Waals surface area contributed by atoms with Gasteiger partial charge in [0.1, 0.15) is 11.8 Å². The minimum atomic E-state index is -0.710. The van der Waals surface area contributed by atoms with Crippen molar-refractivity contribution in [3.05, 3.63) is 96.8 Å². The lowest BCUT2D eigenvalue weighted by atomic mass is 9.95. The van der Waals surface area contributed by atoms with E-state index >= 15 is 0 Å². The van der Waals surface area contributed by atoms with Crippen LogP contribution in [-0.2, 0) is 16.6 Å². The van der Waals surface area contributed by atoms with Gasteiger partial charge in [0.05, 0.1) is 29.0 Å². The predicted molar refractivity (Wildman–Crippen MR) is 141 cm³/mol. The molecule has 7 nitrogen and oxygen atoms in total. The highest BCUT2D eigenvalue weighted by Crippen LogP contribution is 2.35. The normalized spacial score (nSPS) is 15.7. The van der Waals surface area contributed by atoms with Crippen LogP contribution in [-0.4, -0.2) is 28.3 Å². The van der Waals surface area contributed by atoms with E-state index in [0.717, 1.165) is 22.0 Å². The number of fused-ring (bicyclic) bond motifs is 2. The van der Waals surface area contributed by atoms with E-state index in [1.807, 2.05) is 79.3 Å². The summed E-state index contributed by atoms with van der Waals surface area (Å²) in [5.41, 5.74) is 3.41. The van der Waals surface area contributed by atoms with Gasteiger partial charge >= 0.3 is 5.97 Å². The van der Waals surface area contributed by atoms with Crippen molar-refractivity contribution in [3.8, 4) is 5.75 Å². The fraction of sp³-hybridized carbons (Fsp3) is 0.250. The highest BCUT2D eigenvalue weighted by molar-refractivity contribution is 7.07. The number of esters is 1. The van der Waals surface area contributed by atoms with Crippen LogP contribution in [0.2, 0.25) is 0 Å². The molecule has 1 aliphatic heterocycles. The van der Waals surface area contributed by atoms with Crippen LogP contribution in [0, 0.1) is 0 Å². The van der Waals surface area contributed by atoms with E-state index in [4.69, 9.17) is 9.47 Å². The lowest BCUT2D eigenvalue weighted by Gasteiger charge is -2.26. The molecule has 2 aromatic heterocycles. The first-order chi connectivity index (χ1) is 17.4. The summed E-state index contributed by atoms with van der Waals surface area (Å²) in [6, 6.07) is 14.9. The molecule has 36 heavy (non-hydrogen) atoms. The van der Waals surface area contributed by atoms with Gasteiger partial charge in [0, 0.05) is 35.3 Å². The third kappa shape index (κ3) is 3.97. The second kappa shape index (κ2) is 9.62. The molecule has 0 fully saturated rings. The SMILES string of the molecule is CCOC(=O)C1=C(C)N=c2s/c(=C\c3cn(C)c4ccccc34)c(=O)n2[C@@H]1c1ccccc1OCC. The summed E-state index contributed by atoms with van der Waals surface area (Å²) in [6.07, 6.45) is 3.92. The number of hydrogen-bond acceptors (Lipinski definition) is 6. The van der Waals surface area contributed by atoms with Gasteiger partial charge in [0.2, 0.25) is 0 Å². The average molecular weight is 502 g/mol.